The van der Waals surface area contributed by atoms with Crippen LogP contribution in [0.4, 0.5) is 0 Å². The molecule has 0 fully saturated rings. The van der Waals surface area contributed by atoms with Gasteiger partial charge in [0.2, 0.25) is 5.82 Å². The fourth-order valence-electron chi connectivity index (χ4n) is 2.80. The average Bonchev–Trinajstić information content (AvgIpc) is 3.38. The quantitative estimate of drug-likeness (QED) is 0.524. The van der Waals surface area contributed by atoms with Crippen molar-refractivity contribution < 1.29 is 4.79 Å². The molecule has 0 unspecified atom stereocenters. The van der Waals surface area contributed by atoms with Crippen LogP contribution in [0, 0.1) is 0 Å². The smallest absolute Gasteiger partial charge is 0.293 e. The zero-order chi connectivity index (χ0) is 18.6. The zero-order valence-corrected chi connectivity index (χ0v) is 15.6. The van der Waals surface area contributed by atoms with E-state index in [1.165, 1.54) is 0 Å². The van der Waals surface area contributed by atoms with Gasteiger partial charge in [0.15, 0.2) is 5.82 Å². The molecule has 4 aromatic rings. The summed E-state index contributed by atoms with van der Waals surface area (Å²) >= 11 is 1.63. The summed E-state index contributed by atoms with van der Waals surface area (Å²) in [7, 11) is 1.77. The van der Waals surface area contributed by atoms with Gasteiger partial charge in [-0.05, 0) is 23.6 Å². The number of nitrogens with zero attached hydrogens (tertiary/aromatic N) is 4. The van der Waals surface area contributed by atoms with Crippen molar-refractivity contribution in [2.75, 3.05) is 7.05 Å². The van der Waals surface area contributed by atoms with Crippen molar-refractivity contribution in [3.63, 3.8) is 0 Å². The molecule has 0 atom stereocenters. The van der Waals surface area contributed by atoms with Gasteiger partial charge in [0, 0.05) is 17.5 Å². The maximum Gasteiger partial charge on any atom is 0.293 e. The number of amides is 1. The number of aromatic nitrogens is 3. The number of carbonyl (C=O) groups excluding carboxylic acids is 1. The predicted molar refractivity (Wildman–Crippen MR) is 107 cm³/mol. The molecule has 0 saturated carbocycles. The van der Waals surface area contributed by atoms with Crippen molar-refractivity contribution in [1.82, 2.24) is 19.7 Å². The summed E-state index contributed by atoms with van der Waals surface area (Å²) in [5, 5.41) is 6.53. The van der Waals surface area contributed by atoms with Gasteiger partial charge >= 0.3 is 0 Å². The molecule has 0 saturated heterocycles. The van der Waals surface area contributed by atoms with Gasteiger partial charge in [-0.3, -0.25) is 4.79 Å². The van der Waals surface area contributed by atoms with E-state index in [9.17, 15) is 4.79 Å². The highest BCUT2D eigenvalue weighted by molar-refractivity contribution is 7.09. The molecule has 0 aliphatic heterocycles. The minimum atomic E-state index is -0.199. The van der Waals surface area contributed by atoms with Crippen LogP contribution >= 0.6 is 11.3 Å². The Morgan fingerprint density at radius 3 is 2.37 bits per heavy atom. The molecule has 5 nitrogen and oxygen atoms in total. The monoisotopic (exact) mass is 374 g/mol. The van der Waals surface area contributed by atoms with Gasteiger partial charge in [-0.25, -0.2) is 9.67 Å². The summed E-state index contributed by atoms with van der Waals surface area (Å²) in [4.78, 5) is 20.2. The van der Waals surface area contributed by atoms with Crippen LogP contribution in [0.5, 0.6) is 0 Å². The van der Waals surface area contributed by atoms with Crippen LogP contribution in [0.15, 0.2) is 78.2 Å². The Labute approximate surface area is 161 Å². The second-order valence-corrected chi connectivity index (χ2v) is 7.15. The molecule has 0 radical (unpaired) electrons. The molecule has 0 aliphatic rings. The first kappa shape index (κ1) is 17.2. The number of thiophene rings is 1. The lowest BCUT2D eigenvalue weighted by Crippen LogP contribution is -2.27. The highest BCUT2D eigenvalue weighted by atomic mass is 32.1. The molecule has 0 spiro atoms. The summed E-state index contributed by atoms with van der Waals surface area (Å²) in [5.74, 6) is 0.640. The molecule has 2 aromatic heterocycles. The Balaban J connectivity index is 1.72. The van der Waals surface area contributed by atoms with Crippen LogP contribution in [-0.4, -0.2) is 32.6 Å². The van der Waals surface area contributed by atoms with Crippen molar-refractivity contribution in [1.29, 1.82) is 0 Å². The number of carbonyl (C=O) groups is 1. The van der Waals surface area contributed by atoms with Crippen LogP contribution < -0.4 is 0 Å². The summed E-state index contributed by atoms with van der Waals surface area (Å²) in [6.07, 6.45) is 0. The normalized spacial score (nSPS) is 10.7. The van der Waals surface area contributed by atoms with E-state index >= 15 is 0 Å². The van der Waals surface area contributed by atoms with Gasteiger partial charge in [0.05, 0.1) is 12.2 Å². The number of hydrogen-bond acceptors (Lipinski definition) is 4. The molecular weight excluding hydrogens is 356 g/mol. The zero-order valence-electron chi connectivity index (χ0n) is 14.8. The lowest BCUT2D eigenvalue weighted by Gasteiger charge is -2.13. The van der Waals surface area contributed by atoms with Crippen LogP contribution in [0.2, 0.25) is 0 Å². The lowest BCUT2D eigenvalue weighted by atomic mass is 10.2. The van der Waals surface area contributed by atoms with Crippen LogP contribution in [0.3, 0.4) is 0 Å². The molecule has 2 heterocycles. The number of hydrogen-bond donors (Lipinski definition) is 0. The predicted octanol–water partition coefficient (Wildman–Crippen LogP) is 4.27. The van der Waals surface area contributed by atoms with Gasteiger partial charge in [-0.15, -0.1) is 16.4 Å². The first-order chi connectivity index (χ1) is 13.2. The SMILES string of the molecule is CN(Cc1cccs1)C(=O)c1nc(-c2ccccc2)n(-c2ccccc2)n1. The molecule has 1 amide bonds. The third kappa shape index (κ3) is 3.66. The van der Waals surface area contributed by atoms with Crippen molar-refractivity contribution in [3.8, 4) is 17.1 Å². The van der Waals surface area contributed by atoms with Crippen molar-refractivity contribution in [2.45, 2.75) is 6.54 Å². The van der Waals surface area contributed by atoms with E-state index in [0.29, 0.717) is 12.4 Å². The first-order valence-electron chi connectivity index (χ1n) is 8.58. The van der Waals surface area contributed by atoms with E-state index < -0.39 is 0 Å². The fourth-order valence-corrected chi connectivity index (χ4v) is 3.56. The minimum Gasteiger partial charge on any atom is -0.334 e. The highest BCUT2D eigenvalue weighted by Crippen LogP contribution is 2.21. The van der Waals surface area contributed by atoms with Crippen molar-refractivity contribution >= 4 is 17.2 Å². The molecule has 4 rings (SSSR count). The van der Waals surface area contributed by atoms with Crippen molar-refractivity contribution in [3.05, 3.63) is 88.9 Å². The van der Waals surface area contributed by atoms with E-state index in [1.54, 1.807) is 28.0 Å². The molecule has 6 heteroatoms. The fraction of sp³-hybridized carbons (Fsp3) is 0.0952. The summed E-state index contributed by atoms with van der Waals surface area (Å²) in [6, 6.07) is 23.5. The van der Waals surface area contributed by atoms with E-state index in [1.807, 2.05) is 78.2 Å². The van der Waals surface area contributed by atoms with E-state index in [4.69, 9.17) is 0 Å². The van der Waals surface area contributed by atoms with E-state index in [2.05, 4.69) is 10.1 Å². The average molecular weight is 374 g/mol. The third-order valence-corrected chi connectivity index (χ3v) is 5.01. The van der Waals surface area contributed by atoms with Crippen LogP contribution in [0.1, 0.15) is 15.5 Å². The molecule has 134 valence electrons. The second-order valence-electron chi connectivity index (χ2n) is 6.11. The lowest BCUT2D eigenvalue weighted by molar-refractivity contribution is 0.0774. The maximum absolute atomic E-state index is 12.9. The van der Waals surface area contributed by atoms with Gasteiger partial charge < -0.3 is 4.90 Å². The summed E-state index contributed by atoms with van der Waals surface area (Å²) in [5.41, 5.74) is 1.78. The van der Waals surface area contributed by atoms with Gasteiger partial charge in [-0.2, -0.15) is 0 Å². The molecule has 0 aliphatic carbocycles. The number of para-hydroxylation sites is 1. The van der Waals surface area contributed by atoms with Gasteiger partial charge in [0.1, 0.15) is 0 Å². The summed E-state index contributed by atoms with van der Waals surface area (Å²) < 4.78 is 1.72. The topological polar surface area (TPSA) is 51.0 Å². The second kappa shape index (κ2) is 7.55. The molecule has 2 aromatic carbocycles. The van der Waals surface area contributed by atoms with Crippen LogP contribution in [0.25, 0.3) is 17.1 Å². The Morgan fingerprint density at radius 1 is 1.00 bits per heavy atom. The number of rotatable bonds is 5. The van der Waals surface area contributed by atoms with E-state index in [0.717, 1.165) is 16.1 Å². The highest BCUT2D eigenvalue weighted by Gasteiger charge is 2.21. The first-order valence-corrected chi connectivity index (χ1v) is 9.46. The minimum absolute atomic E-state index is 0.191. The van der Waals surface area contributed by atoms with Gasteiger partial charge in [-0.1, -0.05) is 54.6 Å². The third-order valence-electron chi connectivity index (χ3n) is 4.15. The molecular formula is C21H18N4OS. The molecule has 0 N–H and O–H groups in total. The van der Waals surface area contributed by atoms with Crippen molar-refractivity contribution in [2.24, 2.45) is 0 Å². The molecule has 27 heavy (non-hydrogen) atoms. The molecule has 0 bridgehead atoms. The number of benzene rings is 2. The Morgan fingerprint density at radius 2 is 1.70 bits per heavy atom. The Hall–Kier alpha value is -3.25. The Bertz CT molecular complexity index is 970. The largest absolute Gasteiger partial charge is 0.334 e. The Kier molecular flexibility index (Phi) is 4.80. The van der Waals surface area contributed by atoms with Gasteiger partial charge in [0.25, 0.3) is 5.91 Å². The van der Waals surface area contributed by atoms with E-state index in [-0.39, 0.29) is 11.7 Å². The standard InChI is InChI=1S/C21H18N4OS/c1-24(15-18-13-8-14-27-18)21(26)19-22-20(16-9-4-2-5-10-16)25(23-19)17-11-6-3-7-12-17/h2-14H,15H2,1H3. The summed E-state index contributed by atoms with van der Waals surface area (Å²) in [6.45, 7) is 0.539. The van der Waals surface area contributed by atoms with Crippen LogP contribution in [-0.2, 0) is 6.54 Å². The maximum atomic E-state index is 12.9.